The van der Waals surface area contributed by atoms with Crippen LogP contribution in [0.5, 0.6) is 0 Å². The van der Waals surface area contributed by atoms with Gasteiger partial charge in [0.1, 0.15) is 0 Å². The Balaban J connectivity index is 2.46. The molecule has 1 nitrogen and oxygen atoms in total. The summed E-state index contributed by atoms with van der Waals surface area (Å²) in [5.74, 6) is 1.52. The second-order valence-corrected chi connectivity index (χ2v) is 2.98. The Bertz CT molecular complexity index is 113. The van der Waals surface area contributed by atoms with Crippen molar-refractivity contribution in [2.45, 2.75) is 12.7 Å². The molecule has 0 aliphatic carbocycles. The molecule has 1 heterocycles. The van der Waals surface area contributed by atoms with E-state index in [9.17, 15) is 0 Å². The van der Waals surface area contributed by atoms with E-state index in [-0.39, 0.29) is 0 Å². The molecule has 0 radical (unpaired) electrons. The van der Waals surface area contributed by atoms with Gasteiger partial charge in [0.05, 0.1) is 0 Å². The molecule has 0 aromatic carbocycles. The van der Waals surface area contributed by atoms with Gasteiger partial charge in [0.15, 0.2) is 0 Å². The van der Waals surface area contributed by atoms with Crippen molar-refractivity contribution in [1.82, 2.24) is 0 Å². The topological polar surface area (TPSA) is 20.2 Å². The first-order valence-electron chi connectivity index (χ1n) is 2.73. The Kier molecular flexibility index (Phi) is 2.03. The van der Waals surface area contributed by atoms with Gasteiger partial charge in [0.25, 0.3) is 7.48 Å². The predicted octanol–water partition coefficient (Wildman–Crippen LogP) is 0.769. The normalized spacial score (nSPS) is 27.8. The zero-order chi connectivity index (χ0) is 5.98. The molecule has 0 aromatic heterocycles. The van der Waals surface area contributed by atoms with Gasteiger partial charge in [0.2, 0.25) is 0 Å². The van der Waals surface area contributed by atoms with Crippen molar-refractivity contribution < 1.29 is 5.02 Å². The van der Waals surface area contributed by atoms with Gasteiger partial charge in [-0.2, -0.15) is 0 Å². The Hall–Kier alpha value is 0.115. The fraction of sp³-hybridized carbons (Fsp3) is 0.600. The number of allylic oxidation sites excluding steroid dienone is 1. The summed E-state index contributed by atoms with van der Waals surface area (Å²) >= 11 is 1.79. The molecule has 1 N–H and O–H groups in total. The van der Waals surface area contributed by atoms with Crippen molar-refractivity contribution >= 4 is 19.2 Å². The van der Waals surface area contributed by atoms with Gasteiger partial charge in [-0.15, -0.1) is 11.8 Å². The van der Waals surface area contributed by atoms with E-state index >= 15 is 0 Å². The fourth-order valence-corrected chi connectivity index (χ4v) is 1.87. The minimum atomic E-state index is 0.315. The monoisotopic (exact) mass is 128 g/mol. The first-order valence-corrected chi connectivity index (χ1v) is 3.78. The van der Waals surface area contributed by atoms with E-state index in [1.165, 1.54) is 5.57 Å². The van der Waals surface area contributed by atoms with Crippen LogP contribution >= 0.6 is 11.8 Å². The van der Waals surface area contributed by atoms with E-state index in [0.717, 1.165) is 5.75 Å². The van der Waals surface area contributed by atoms with Crippen molar-refractivity contribution in [2.24, 2.45) is 0 Å². The van der Waals surface area contributed by atoms with E-state index in [2.05, 4.69) is 12.3 Å². The largest absolute Gasteiger partial charge is 0.453 e. The van der Waals surface area contributed by atoms with Gasteiger partial charge in [0, 0.05) is 0 Å². The number of hydrogen-bond donors (Lipinski definition) is 1. The Morgan fingerprint density at radius 3 is 3.00 bits per heavy atom. The molecule has 0 saturated heterocycles. The molecular weight excluding hydrogens is 119 g/mol. The maximum Gasteiger partial charge on any atom is 0.278 e. The fourth-order valence-electron chi connectivity index (χ4n) is 0.720. The van der Waals surface area contributed by atoms with E-state index in [1.807, 2.05) is 0 Å². The van der Waals surface area contributed by atoms with Gasteiger partial charge in [-0.1, -0.05) is 5.57 Å². The summed E-state index contributed by atoms with van der Waals surface area (Å²) in [5.41, 5.74) is 1.33. The summed E-state index contributed by atoms with van der Waals surface area (Å²) in [5, 5.41) is 10.8. The molecule has 8 heavy (non-hydrogen) atoms. The number of thioether (sulfide) groups is 1. The molecule has 0 aromatic rings. The Morgan fingerprint density at radius 2 is 2.75 bits per heavy atom. The van der Waals surface area contributed by atoms with Crippen LogP contribution in [-0.2, 0) is 0 Å². The van der Waals surface area contributed by atoms with E-state index in [1.54, 1.807) is 11.8 Å². The molecule has 0 bridgehead atoms. The lowest BCUT2D eigenvalue weighted by atomic mass is 9.78. The van der Waals surface area contributed by atoms with Crippen molar-refractivity contribution in [3.63, 3.8) is 0 Å². The number of hydrogen-bond acceptors (Lipinski definition) is 2. The second kappa shape index (κ2) is 2.60. The molecule has 0 saturated carbocycles. The maximum absolute atomic E-state index is 8.68. The molecule has 1 atom stereocenters. The highest BCUT2D eigenvalue weighted by atomic mass is 32.2. The summed E-state index contributed by atoms with van der Waals surface area (Å²) in [6.45, 7) is 2.07. The SMILES string of the molecule is CC1=CSCC1BO. The minimum absolute atomic E-state index is 0.315. The molecule has 0 spiro atoms. The van der Waals surface area contributed by atoms with Crippen LogP contribution in [0.15, 0.2) is 11.0 Å². The minimum Gasteiger partial charge on any atom is -0.453 e. The lowest BCUT2D eigenvalue weighted by Crippen LogP contribution is -2.02. The van der Waals surface area contributed by atoms with Crippen LogP contribution in [-0.4, -0.2) is 18.3 Å². The first kappa shape index (κ1) is 6.24. The van der Waals surface area contributed by atoms with Crippen LogP contribution in [0.2, 0.25) is 5.82 Å². The molecule has 0 fully saturated rings. The van der Waals surface area contributed by atoms with Crippen LogP contribution in [0.4, 0.5) is 0 Å². The third-order valence-electron chi connectivity index (χ3n) is 1.43. The maximum atomic E-state index is 8.68. The van der Waals surface area contributed by atoms with E-state index in [4.69, 9.17) is 5.02 Å². The van der Waals surface area contributed by atoms with Crippen LogP contribution in [0, 0.1) is 0 Å². The average Bonchev–Trinajstić information content (AvgIpc) is 2.14. The quantitative estimate of drug-likeness (QED) is 0.526. The Morgan fingerprint density at radius 1 is 2.00 bits per heavy atom. The molecule has 0 amide bonds. The highest BCUT2D eigenvalue weighted by Crippen LogP contribution is 2.30. The van der Waals surface area contributed by atoms with Gasteiger partial charge in [-0.3, -0.25) is 0 Å². The van der Waals surface area contributed by atoms with Crippen molar-refractivity contribution in [1.29, 1.82) is 0 Å². The van der Waals surface area contributed by atoms with E-state index in [0.29, 0.717) is 13.3 Å². The van der Waals surface area contributed by atoms with Crippen LogP contribution in [0.1, 0.15) is 6.92 Å². The van der Waals surface area contributed by atoms with Crippen molar-refractivity contribution in [2.75, 3.05) is 5.75 Å². The van der Waals surface area contributed by atoms with E-state index < -0.39 is 0 Å². The standard InChI is InChI=1S/C5H9BOS/c1-4-2-8-3-5(4)6-7/h2,5-7H,3H2,1H3. The van der Waals surface area contributed by atoms with Crippen LogP contribution < -0.4 is 0 Å². The molecule has 1 rings (SSSR count). The van der Waals surface area contributed by atoms with Crippen LogP contribution in [0.25, 0.3) is 0 Å². The first-order chi connectivity index (χ1) is 3.84. The average molecular weight is 128 g/mol. The van der Waals surface area contributed by atoms with Gasteiger partial charge in [-0.25, -0.2) is 0 Å². The van der Waals surface area contributed by atoms with Gasteiger partial charge in [-0.05, 0) is 23.9 Å². The lowest BCUT2D eigenvalue weighted by molar-refractivity contribution is 0.592. The number of rotatable bonds is 1. The van der Waals surface area contributed by atoms with Crippen molar-refractivity contribution in [3.8, 4) is 0 Å². The van der Waals surface area contributed by atoms with Crippen LogP contribution in [0.3, 0.4) is 0 Å². The molecule has 1 aliphatic rings. The smallest absolute Gasteiger partial charge is 0.278 e. The summed E-state index contributed by atoms with van der Waals surface area (Å²) in [4.78, 5) is 0. The zero-order valence-corrected chi connectivity index (χ0v) is 5.74. The summed E-state index contributed by atoms with van der Waals surface area (Å²) in [6.07, 6.45) is 0. The highest BCUT2D eigenvalue weighted by Gasteiger charge is 2.15. The second-order valence-electron chi connectivity index (χ2n) is 2.07. The predicted molar refractivity (Wildman–Crippen MR) is 39.3 cm³/mol. The highest BCUT2D eigenvalue weighted by molar-refractivity contribution is 8.02. The summed E-state index contributed by atoms with van der Waals surface area (Å²) in [7, 11) is 0.315. The molecule has 1 unspecified atom stereocenters. The van der Waals surface area contributed by atoms with Gasteiger partial charge < -0.3 is 5.02 Å². The molecule has 44 valence electrons. The lowest BCUT2D eigenvalue weighted by Gasteiger charge is -2.01. The molecule has 1 aliphatic heterocycles. The third kappa shape index (κ3) is 1.09. The molecule has 3 heteroatoms. The Labute approximate surface area is 54.4 Å². The summed E-state index contributed by atoms with van der Waals surface area (Å²) in [6, 6.07) is 0. The third-order valence-corrected chi connectivity index (χ3v) is 2.56. The summed E-state index contributed by atoms with van der Waals surface area (Å²) < 4.78 is 0. The zero-order valence-electron chi connectivity index (χ0n) is 4.92. The molecular formula is C5H9BOS. The van der Waals surface area contributed by atoms with Crippen molar-refractivity contribution in [3.05, 3.63) is 11.0 Å². The van der Waals surface area contributed by atoms with Gasteiger partial charge >= 0.3 is 0 Å².